The van der Waals surface area contributed by atoms with Gasteiger partial charge in [-0.3, -0.25) is 0 Å². The Hall–Kier alpha value is -3.20. The highest BCUT2D eigenvalue weighted by Crippen LogP contribution is 2.31. The van der Waals surface area contributed by atoms with Crippen molar-refractivity contribution in [2.24, 2.45) is 5.92 Å². The van der Waals surface area contributed by atoms with Gasteiger partial charge in [0.05, 0.1) is 5.52 Å². The molecule has 29 heavy (non-hydrogen) atoms. The third-order valence-electron chi connectivity index (χ3n) is 5.79. The molecule has 3 aromatic carbocycles. The molecular formula is C26H25N3. The van der Waals surface area contributed by atoms with E-state index in [2.05, 4.69) is 84.6 Å². The zero-order valence-corrected chi connectivity index (χ0v) is 16.8. The van der Waals surface area contributed by atoms with E-state index in [1.165, 1.54) is 24.0 Å². The summed E-state index contributed by atoms with van der Waals surface area (Å²) in [4.78, 5) is 12.4. The number of hydrogen-bond acceptors (Lipinski definition) is 3. The Morgan fingerprint density at radius 1 is 0.759 bits per heavy atom. The van der Waals surface area contributed by atoms with Crippen LogP contribution in [0.5, 0.6) is 0 Å². The van der Waals surface area contributed by atoms with Gasteiger partial charge in [0.2, 0.25) is 0 Å². The average Bonchev–Trinajstić information content (AvgIpc) is 2.79. The molecule has 0 saturated carbocycles. The lowest BCUT2D eigenvalue weighted by atomic mass is 10.00. The van der Waals surface area contributed by atoms with Gasteiger partial charge in [-0.1, -0.05) is 73.7 Å². The van der Waals surface area contributed by atoms with E-state index in [1.54, 1.807) is 0 Å². The van der Waals surface area contributed by atoms with Gasteiger partial charge in [0.25, 0.3) is 0 Å². The number of hydrogen-bond donors (Lipinski definition) is 0. The van der Waals surface area contributed by atoms with Crippen molar-refractivity contribution in [3.05, 3.63) is 78.9 Å². The van der Waals surface area contributed by atoms with Crippen LogP contribution in [0.2, 0.25) is 0 Å². The average molecular weight is 380 g/mol. The van der Waals surface area contributed by atoms with E-state index in [4.69, 9.17) is 9.97 Å². The smallest absolute Gasteiger partial charge is 0.162 e. The molecule has 0 aliphatic carbocycles. The topological polar surface area (TPSA) is 29.0 Å². The highest BCUT2D eigenvalue weighted by atomic mass is 15.2. The van der Waals surface area contributed by atoms with E-state index >= 15 is 0 Å². The van der Waals surface area contributed by atoms with E-state index < -0.39 is 0 Å². The molecule has 3 nitrogen and oxygen atoms in total. The van der Waals surface area contributed by atoms with Crippen molar-refractivity contribution in [2.75, 3.05) is 18.0 Å². The van der Waals surface area contributed by atoms with E-state index in [1.807, 2.05) is 6.07 Å². The molecule has 0 unspecified atom stereocenters. The Balaban J connectivity index is 1.56. The molecule has 0 bridgehead atoms. The SMILES string of the molecule is C[C@H]1CCCN(c2nc(-c3ccc(-c4ccccc4)cc3)nc3ccccc23)C1. The molecule has 3 heteroatoms. The van der Waals surface area contributed by atoms with Crippen molar-refractivity contribution in [3.8, 4) is 22.5 Å². The van der Waals surface area contributed by atoms with Crippen molar-refractivity contribution in [2.45, 2.75) is 19.8 Å². The van der Waals surface area contributed by atoms with E-state index in [0.717, 1.165) is 41.2 Å². The van der Waals surface area contributed by atoms with Gasteiger partial charge in [0.1, 0.15) is 5.82 Å². The molecule has 2 heterocycles. The molecule has 1 saturated heterocycles. The molecule has 0 N–H and O–H groups in total. The summed E-state index contributed by atoms with van der Waals surface area (Å²) >= 11 is 0. The zero-order valence-electron chi connectivity index (χ0n) is 16.8. The maximum Gasteiger partial charge on any atom is 0.162 e. The number of piperidine rings is 1. The number of aromatic nitrogens is 2. The first kappa shape index (κ1) is 17.9. The molecule has 5 rings (SSSR count). The van der Waals surface area contributed by atoms with Gasteiger partial charge in [-0.05, 0) is 42.0 Å². The number of anilines is 1. The second-order valence-corrected chi connectivity index (χ2v) is 8.02. The van der Waals surface area contributed by atoms with Crippen LogP contribution in [-0.2, 0) is 0 Å². The van der Waals surface area contributed by atoms with Crippen LogP contribution in [-0.4, -0.2) is 23.1 Å². The number of para-hydroxylation sites is 1. The second-order valence-electron chi connectivity index (χ2n) is 8.02. The molecular weight excluding hydrogens is 354 g/mol. The first-order valence-corrected chi connectivity index (χ1v) is 10.5. The van der Waals surface area contributed by atoms with Crippen molar-refractivity contribution in [1.82, 2.24) is 9.97 Å². The minimum Gasteiger partial charge on any atom is -0.356 e. The fraction of sp³-hybridized carbons (Fsp3) is 0.231. The van der Waals surface area contributed by atoms with Crippen molar-refractivity contribution in [1.29, 1.82) is 0 Å². The third kappa shape index (κ3) is 3.61. The Bertz CT molecular complexity index is 1120. The summed E-state index contributed by atoms with van der Waals surface area (Å²) in [5.41, 5.74) is 4.50. The molecule has 0 radical (unpaired) electrons. The molecule has 0 amide bonds. The summed E-state index contributed by atoms with van der Waals surface area (Å²) in [5.74, 6) is 2.58. The third-order valence-corrected chi connectivity index (χ3v) is 5.79. The van der Waals surface area contributed by atoms with Crippen LogP contribution in [0.15, 0.2) is 78.9 Å². The number of rotatable bonds is 3. The maximum absolute atomic E-state index is 5.05. The largest absolute Gasteiger partial charge is 0.356 e. The molecule has 144 valence electrons. The van der Waals surface area contributed by atoms with Crippen molar-refractivity contribution < 1.29 is 0 Å². The lowest BCUT2D eigenvalue weighted by Crippen LogP contribution is -2.35. The summed E-state index contributed by atoms with van der Waals surface area (Å²) in [6.07, 6.45) is 2.52. The predicted molar refractivity (Wildman–Crippen MR) is 121 cm³/mol. The normalized spacial score (nSPS) is 16.9. The van der Waals surface area contributed by atoms with Crippen LogP contribution in [0.3, 0.4) is 0 Å². The van der Waals surface area contributed by atoms with Gasteiger partial charge in [-0.25, -0.2) is 9.97 Å². The maximum atomic E-state index is 5.05. The Labute approximate surface area is 172 Å². The highest BCUT2D eigenvalue weighted by molar-refractivity contribution is 5.91. The zero-order chi connectivity index (χ0) is 19.6. The molecule has 1 atom stereocenters. The first-order valence-electron chi connectivity index (χ1n) is 10.5. The highest BCUT2D eigenvalue weighted by Gasteiger charge is 2.21. The molecule has 1 aromatic heterocycles. The minimum absolute atomic E-state index is 0.700. The minimum atomic E-state index is 0.700. The summed E-state index contributed by atoms with van der Waals surface area (Å²) < 4.78 is 0. The fourth-order valence-corrected chi connectivity index (χ4v) is 4.25. The van der Waals surface area contributed by atoms with Crippen LogP contribution in [0, 0.1) is 5.92 Å². The molecule has 0 spiro atoms. The lowest BCUT2D eigenvalue weighted by molar-refractivity contribution is 0.445. The second kappa shape index (κ2) is 7.67. The predicted octanol–water partition coefficient (Wildman–Crippen LogP) is 6.20. The van der Waals surface area contributed by atoms with Crippen LogP contribution in [0.4, 0.5) is 5.82 Å². The number of nitrogens with zero attached hydrogens (tertiary/aromatic N) is 3. The van der Waals surface area contributed by atoms with Gasteiger partial charge in [-0.15, -0.1) is 0 Å². The summed E-state index contributed by atoms with van der Waals surface area (Å²) in [7, 11) is 0. The standard InChI is InChI=1S/C26H25N3/c1-19-8-7-17-29(18-19)26-23-11-5-6-12-24(23)27-25(28-26)22-15-13-21(14-16-22)20-9-3-2-4-10-20/h2-6,9-16,19H,7-8,17-18H2,1H3/t19-/m0/s1. The van der Waals surface area contributed by atoms with E-state index in [0.29, 0.717) is 5.92 Å². The van der Waals surface area contributed by atoms with Crippen LogP contribution in [0.25, 0.3) is 33.4 Å². The van der Waals surface area contributed by atoms with E-state index in [9.17, 15) is 0 Å². The van der Waals surface area contributed by atoms with Gasteiger partial charge >= 0.3 is 0 Å². The van der Waals surface area contributed by atoms with Crippen molar-refractivity contribution >= 4 is 16.7 Å². The summed E-state index contributed by atoms with van der Waals surface area (Å²) in [6.45, 7) is 4.46. The van der Waals surface area contributed by atoms with Crippen molar-refractivity contribution in [3.63, 3.8) is 0 Å². The lowest BCUT2D eigenvalue weighted by Gasteiger charge is -2.32. The monoisotopic (exact) mass is 379 g/mol. The summed E-state index contributed by atoms with van der Waals surface area (Å²) in [6, 6.07) is 27.4. The Morgan fingerprint density at radius 2 is 1.45 bits per heavy atom. The van der Waals surface area contributed by atoms with Crippen LogP contribution >= 0.6 is 0 Å². The van der Waals surface area contributed by atoms with Gasteiger partial charge in [0.15, 0.2) is 5.82 Å². The number of fused-ring (bicyclic) bond motifs is 1. The van der Waals surface area contributed by atoms with Gasteiger partial charge in [-0.2, -0.15) is 0 Å². The van der Waals surface area contributed by atoms with Gasteiger partial charge < -0.3 is 4.90 Å². The fourth-order valence-electron chi connectivity index (χ4n) is 4.25. The number of benzene rings is 3. The molecule has 4 aromatic rings. The summed E-state index contributed by atoms with van der Waals surface area (Å²) in [5, 5.41) is 1.14. The van der Waals surface area contributed by atoms with E-state index in [-0.39, 0.29) is 0 Å². The quantitative estimate of drug-likeness (QED) is 0.424. The Morgan fingerprint density at radius 3 is 2.24 bits per heavy atom. The molecule has 1 aliphatic rings. The van der Waals surface area contributed by atoms with Crippen LogP contribution < -0.4 is 4.90 Å². The first-order chi connectivity index (χ1) is 14.3. The van der Waals surface area contributed by atoms with Crippen LogP contribution in [0.1, 0.15) is 19.8 Å². The Kier molecular flexibility index (Phi) is 4.73. The van der Waals surface area contributed by atoms with Gasteiger partial charge in [0, 0.05) is 24.0 Å². The molecule has 1 aliphatic heterocycles. The molecule has 1 fully saturated rings.